The fourth-order valence-electron chi connectivity index (χ4n) is 2.43. The molecule has 0 atom stereocenters. The Balaban J connectivity index is 2.15. The van der Waals surface area contributed by atoms with Gasteiger partial charge < -0.3 is 15.0 Å². The van der Waals surface area contributed by atoms with Crippen molar-refractivity contribution in [2.24, 2.45) is 0 Å². The van der Waals surface area contributed by atoms with Gasteiger partial charge in [0.15, 0.2) is 0 Å². The third kappa shape index (κ3) is 3.94. The molecule has 0 unspecified atom stereocenters. The lowest BCUT2D eigenvalue weighted by Crippen LogP contribution is -2.33. The van der Waals surface area contributed by atoms with E-state index in [-0.39, 0.29) is 12.5 Å². The molecule has 0 aliphatic heterocycles. The van der Waals surface area contributed by atoms with Crippen LogP contribution >= 0.6 is 11.3 Å². The first kappa shape index (κ1) is 18.0. The van der Waals surface area contributed by atoms with E-state index >= 15 is 0 Å². The highest BCUT2D eigenvalue weighted by Gasteiger charge is 2.22. The molecular formula is C18H22N2O3S. The smallest absolute Gasteiger partial charge is 0.341 e. The number of methoxy groups -OCH3 is 1. The van der Waals surface area contributed by atoms with E-state index in [4.69, 9.17) is 4.74 Å². The quantitative estimate of drug-likeness (QED) is 0.812. The van der Waals surface area contributed by atoms with Crippen LogP contribution in [0.5, 0.6) is 0 Å². The number of likely N-dealkylation sites (N-methyl/N-ethyl adjacent to an activating group) is 1. The fraction of sp³-hybridized carbons (Fsp3) is 0.333. The molecule has 0 aliphatic carbocycles. The average molecular weight is 346 g/mol. The first-order valence-corrected chi connectivity index (χ1v) is 8.57. The number of carbonyl (C=O) groups is 2. The number of aryl methyl sites for hydroxylation is 1. The monoisotopic (exact) mass is 346 g/mol. The van der Waals surface area contributed by atoms with Gasteiger partial charge in [0, 0.05) is 17.1 Å². The molecule has 1 aromatic carbocycles. The zero-order chi connectivity index (χ0) is 17.7. The highest BCUT2D eigenvalue weighted by Crippen LogP contribution is 2.33. The van der Waals surface area contributed by atoms with Crippen LogP contribution in [0.15, 0.2) is 30.3 Å². The maximum Gasteiger partial charge on any atom is 0.341 e. The number of carbonyl (C=O) groups excluding carboxylic acids is 2. The van der Waals surface area contributed by atoms with Gasteiger partial charge in [-0.1, -0.05) is 18.2 Å². The van der Waals surface area contributed by atoms with Gasteiger partial charge in [0.2, 0.25) is 5.91 Å². The molecule has 0 radical (unpaired) electrons. The fourth-order valence-corrected chi connectivity index (χ4v) is 3.49. The third-order valence-electron chi connectivity index (χ3n) is 3.87. The number of benzene rings is 1. The molecule has 128 valence electrons. The summed E-state index contributed by atoms with van der Waals surface area (Å²) in [6, 6.07) is 9.76. The Hall–Kier alpha value is -2.34. The molecule has 5 nitrogen and oxygen atoms in total. The summed E-state index contributed by atoms with van der Waals surface area (Å²) in [6.07, 6.45) is 0. The van der Waals surface area contributed by atoms with E-state index in [0.717, 1.165) is 16.1 Å². The Bertz CT molecular complexity index is 725. The molecule has 0 spiro atoms. The molecule has 0 fully saturated rings. The molecule has 2 rings (SSSR count). The second-order valence-corrected chi connectivity index (χ2v) is 6.60. The summed E-state index contributed by atoms with van der Waals surface area (Å²) in [6.45, 7) is 6.71. The molecule has 1 aromatic heterocycles. The number of para-hydroxylation sites is 1. The van der Waals surface area contributed by atoms with E-state index in [0.29, 0.717) is 17.1 Å². The standard InChI is InChI=1S/C18H22N2O3S/c1-5-20(14-9-7-6-8-10-14)11-15(21)19-17-16(18(22)23-4)12(2)13(3)24-17/h6-10H,5,11H2,1-4H3,(H,19,21). The average Bonchev–Trinajstić information content (AvgIpc) is 2.86. The second kappa shape index (κ2) is 7.97. The second-order valence-electron chi connectivity index (χ2n) is 5.38. The Morgan fingerprint density at radius 3 is 2.46 bits per heavy atom. The highest BCUT2D eigenvalue weighted by atomic mass is 32.1. The first-order valence-electron chi connectivity index (χ1n) is 7.76. The third-order valence-corrected chi connectivity index (χ3v) is 4.99. The summed E-state index contributed by atoms with van der Waals surface area (Å²) in [5.41, 5.74) is 2.27. The lowest BCUT2D eigenvalue weighted by Gasteiger charge is -2.22. The molecule has 1 N–H and O–H groups in total. The molecule has 0 aliphatic rings. The van der Waals surface area contributed by atoms with Crippen molar-refractivity contribution in [3.05, 3.63) is 46.3 Å². The van der Waals surface area contributed by atoms with Crippen LogP contribution in [0.25, 0.3) is 0 Å². The maximum atomic E-state index is 12.4. The van der Waals surface area contributed by atoms with Crippen molar-refractivity contribution >= 4 is 33.9 Å². The number of hydrogen-bond donors (Lipinski definition) is 1. The largest absolute Gasteiger partial charge is 0.465 e. The highest BCUT2D eigenvalue weighted by molar-refractivity contribution is 7.16. The van der Waals surface area contributed by atoms with Gasteiger partial charge in [0.05, 0.1) is 19.2 Å². The topological polar surface area (TPSA) is 58.6 Å². The number of rotatable bonds is 6. The zero-order valence-corrected chi connectivity index (χ0v) is 15.2. The number of amides is 1. The Morgan fingerprint density at radius 1 is 1.21 bits per heavy atom. The van der Waals surface area contributed by atoms with Gasteiger partial charge in [0.25, 0.3) is 0 Å². The van der Waals surface area contributed by atoms with Crippen LogP contribution in [0.1, 0.15) is 27.7 Å². The van der Waals surface area contributed by atoms with E-state index in [1.807, 2.05) is 56.0 Å². The molecule has 0 saturated carbocycles. The van der Waals surface area contributed by atoms with Gasteiger partial charge >= 0.3 is 5.97 Å². The first-order chi connectivity index (χ1) is 11.5. The van der Waals surface area contributed by atoms with E-state index < -0.39 is 5.97 Å². The minimum atomic E-state index is -0.428. The molecule has 24 heavy (non-hydrogen) atoms. The minimum Gasteiger partial charge on any atom is -0.465 e. The van der Waals surface area contributed by atoms with Crippen molar-refractivity contribution < 1.29 is 14.3 Å². The van der Waals surface area contributed by atoms with Gasteiger partial charge in [-0.3, -0.25) is 4.79 Å². The Morgan fingerprint density at radius 2 is 1.88 bits per heavy atom. The van der Waals surface area contributed by atoms with Crippen molar-refractivity contribution in [1.82, 2.24) is 0 Å². The van der Waals surface area contributed by atoms with Crippen LogP contribution in [0, 0.1) is 13.8 Å². The molecular weight excluding hydrogens is 324 g/mol. The van der Waals surface area contributed by atoms with E-state index in [9.17, 15) is 9.59 Å². The summed E-state index contributed by atoms with van der Waals surface area (Å²) in [5.74, 6) is -0.588. The molecule has 6 heteroatoms. The molecule has 1 amide bonds. The number of hydrogen-bond acceptors (Lipinski definition) is 5. The van der Waals surface area contributed by atoms with Crippen LogP contribution in [0.2, 0.25) is 0 Å². The van der Waals surface area contributed by atoms with Crippen LogP contribution in [0.3, 0.4) is 0 Å². The summed E-state index contributed by atoms with van der Waals surface area (Å²) < 4.78 is 4.83. The number of anilines is 2. The number of ether oxygens (including phenoxy) is 1. The van der Waals surface area contributed by atoms with Crippen LogP contribution in [0.4, 0.5) is 10.7 Å². The van der Waals surface area contributed by atoms with Gasteiger partial charge in [0.1, 0.15) is 5.00 Å². The van der Waals surface area contributed by atoms with Crippen molar-refractivity contribution in [2.45, 2.75) is 20.8 Å². The number of nitrogens with one attached hydrogen (secondary N) is 1. The SMILES string of the molecule is CCN(CC(=O)Nc1sc(C)c(C)c1C(=O)OC)c1ccccc1. The van der Waals surface area contributed by atoms with E-state index in [2.05, 4.69) is 5.32 Å². The zero-order valence-electron chi connectivity index (χ0n) is 14.4. The minimum absolute atomic E-state index is 0.160. The van der Waals surface area contributed by atoms with E-state index in [1.54, 1.807) is 0 Å². The van der Waals surface area contributed by atoms with Crippen molar-refractivity contribution in [2.75, 3.05) is 30.4 Å². The molecule has 0 saturated heterocycles. The summed E-state index contributed by atoms with van der Waals surface area (Å²) >= 11 is 1.39. The molecule has 1 heterocycles. The van der Waals surface area contributed by atoms with E-state index in [1.165, 1.54) is 18.4 Å². The predicted molar refractivity (Wildman–Crippen MR) is 98.1 cm³/mol. The van der Waals surface area contributed by atoms with Gasteiger partial charge in [-0.2, -0.15) is 0 Å². The lowest BCUT2D eigenvalue weighted by atomic mass is 10.1. The molecule has 0 bridgehead atoms. The summed E-state index contributed by atoms with van der Waals surface area (Å²) in [5, 5.41) is 3.41. The lowest BCUT2D eigenvalue weighted by molar-refractivity contribution is -0.114. The summed E-state index contributed by atoms with van der Waals surface area (Å²) in [4.78, 5) is 27.4. The predicted octanol–water partition coefficient (Wildman–Crippen LogP) is 3.62. The maximum absolute atomic E-state index is 12.4. The van der Waals surface area contributed by atoms with Gasteiger partial charge in [-0.05, 0) is 38.5 Å². The van der Waals surface area contributed by atoms with Crippen molar-refractivity contribution in [3.63, 3.8) is 0 Å². The van der Waals surface area contributed by atoms with Crippen LogP contribution < -0.4 is 10.2 Å². The number of esters is 1. The van der Waals surface area contributed by atoms with Crippen LogP contribution in [-0.4, -0.2) is 32.1 Å². The van der Waals surface area contributed by atoms with Crippen molar-refractivity contribution in [1.29, 1.82) is 0 Å². The number of thiophene rings is 1. The van der Waals surface area contributed by atoms with Gasteiger partial charge in [-0.15, -0.1) is 11.3 Å². The van der Waals surface area contributed by atoms with Crippen LogP contribution in [-0.2, 0) is 9.53 Å². The normalized spacial score (nSPS) is 10.3. The molecule has 2 aromatic rings. The van der Waals surface area contributed by atoms with Gasteiger partial charge in [-0.25, -0.2) is 4.79 Å². The summed E-state index contributed by atoms with van der Waals surface area (Å²) in [7, 11) is 1.34. The van der Waals surface area contributed by atoms with Crippen molar-refractivity contribution in [3.8, 4) is 0 Å². The number of nitrogens with zero attached hydrogens (tertiary/aromatic N) is 1. The Labute approximate surface area is 146 Å². The Kier molecular flexibility index (Phi) is 5.98.